The molecule has 1 saturated heterocycles. The standard InChI is InChI=1S/C36H46N6O9S/c1-7-23-18-36(23,33(46)41-52(48,49)25-12-13-25)40-30(44)28-17-24(50-31-26-11-9-8-10-22(26)14-15-37-31)20-42(28)32(45)27(19-38-29(43)16-21(2)3)39-34(47)51-35(4,5)6/h7-11,14-16,23-25,27-28H,1,12-13,17-20H2,2-6H3,(H,38,43)(H,39,47)(H,40,44)(H,41,46)/t23-,24+,27-,28-,36+/m0/s1. The molecule has 5 atom stereocenters. The highest BCUT2D eigenvalue weighted by molar-refractivity contribution is 7.91. The molecular formula is C36H46N6O9S. The van der Waals surface area contributed by atoms with Crippen LogP contribution in [0.1, 0.15) is 60.3 Å². The summed E-state index contributed by atoms with van der Waals surface area (Å²) in [5.41, 5.74) is -1.80. The van der Waals surface area contributed by atoms with Crippen molar-refractivity contribution < 1.29 is 41.9 Å². The SMILES string of the molecule is C=C[C@H]1C[C@]1(NC(=O)[C@@H]1C[C@@H](Oc2nccc3ccccc23)CN1C(=O)[C@H](CNC(=O)C=C(C)C)NC(=O)OC(C)(C)C)C(=O)NS(=O)(=O)C1CC1. The van der Waals surface area contributed by atoms with Gasteiger partial charge in [0.15, 0.2) is 0 Å². The summed E-state index contributed by atoms with van der Waals surface area (Å²) in [6.45, 7) is 11.7. The van der Waals surface area contributed by atoms with E-state index in [1.54, 1.807) is 40.8 Å². The minimum Gasteiger partial charge on any atom is -0.472 e. The average molecular weight is 739 g/mol. The first-order valence-corrected chi connectivity index (χ1v) is 18.7. The number of carbonyl (C=O) groups excluding carboxylic acids is 5. The van der Waals surface area contributed by atoms with E-state index in [-0.39, 0.29) is 31.8 Å². The molecule has 1 aliphatic heterocycles. The fraction of sp³-hybridized carbons (Fsp3) is 0.500. The van der Waals surface area contributed by atoms with Crippen LogP contribution in [0.3, 0.4) is 0 Å². The molecule has 52 heavy (non-hydrogen) atoms. The van der Waals surface area contributed by atoms with Crippen LogP contribution in [0.15, 0.2) is 60.8 Å². The summed E-state index contributed by atoms with van der Waals surface area (Å²) in [6, 6.07) is 6.62. The van der Waals surface area contributed by atoms with Gasteiger partial charge in [0.2, 0.25) is 33.6 Å². The summed E-state index contributed by atoms with van der Waals surface area (Å²) in [7, 11) is -3.93. The second kappa shape index (κ2) is 14.9. The van der Waals surface area contributed by atoms with E-state index in [1.807, 2.05) is 30.3 Å². The zero-order valence-electron chi connectivity index (χ0n) is 29.9. The minimum absolute atomic E-state index is 0.0391. The Hall–Kier alpha value is -4.99. The number of amides is 5. The van der Waals surface area contributed by atoms with E-state index in [2.05, 4.69) is 32.2 Å². The lowest BCUT2D eigenvalue weighted by molar-refractivity contribution is -0.141. The Kier molecular flexibility index (Phi) is 11.0. The normalized spacial score (nSPS) is 23.1. The summed E-state index contributed by atoms with van der Waals surface area (Å²) in [6.07, 6.45) is 3.63. The van der Waals surface area contributed by atoms with Crippen LogP contribution in [0.4, 0.5) is 4.79 Å². The van der Waals surface area contributed by atoms with Gasteiger partial charge >= 0.3 is 6.09 Å². The molecule has 2 saturated carbocycles. The smallest absolute Gasteiger partial charge is 0.408 e. The first-order chi connectivity index (χ1) is 24.4. The maximum atomic E-state index is 14.4. The van der Waals surface area contributed by atoms with Gasteiger partial charge in [-0.15, -0.1) is 6.58 Å². The maximum Gasteiger partial charge on any atom is 0.408 e. The number of sulfonamides is 1. The quantitative estimate of drug-likeness (QED) is 0.174. The summed E-state index contributed by atoms with van der Waals surface area (Å²) < 4.78 is 39.1. The lowest BCUT2D eigenvalue weighted by atomic mass is 10.1. The van der Waals surface area contributed by atoms with E-state index >= 15 is 0 Å². The first kappa shape index (κ1) is 38.2. The van der Waals surface area contributed by atoms with E-state index < -0.39 is 80.2 Å². The zero-order chi connectivity index (χ0) is 38.0. The molecule has 280 valence electrons. The van der Waals surface area contributed by atoms with E-state index in [0.29, 0.717) is 23.8 Å². The van der Waals surface area contributed by atoms with Gasteiger partial charge in [-0.05, 0) is 71.4 Å². The molecule has 0 radical (unpaired) electrons. The minimum atomic E-state index is -3.93. The van der Waals surface area contributed by atoms with Crippen LogP contribution in [-0.2, 0) is 33.9 Å². The predicted octanol–water partition coefficient (Wildman–Crippen LogP) is 2.23. The van der Waals surface area contributed by atoms with Crippen molar-refractivity contribution in [3.63, 3.8) is 0 Å². The molecule has 5 amide bonds. The maximum absolute atomic E-state index is 14.4. The van der Waals surface area contributed by atoms with E-state index in [1.165, 1.54) is 17.1 Å². The number of hydrogen-bond donors (Lipinski definition) is 4. The number of nitrogens with zero attached hydrogens (tertiary/aromatic N) is 2. The molecule has 5 rings (SSSR count). The molecule has 2 aromatic rings. The van der Waals surface area contributed by atoms with Gasteiger partial charge in [-0.3, -0.25) is 23.9 Å². The lowest BCUT2D eigenvalue weighted by Crippen LogP contribution is -2.59. The molecule has 1 aromatic heterocycles. The van der Waals surface area contributed by atoms with Crippen molar-refractivity contribution in [2.24, 2.45) is 5.92 Å². The highest BCUT2D eigenvalue weighted by Crippen LogP contribution is 2.45. The van der Waals surface area contributed by atoms with Crippen molar-refractivity contribution in [3.05, 3.63) is 60.8 Å². The van der Waals surface area contributed by atoms with Crippen LogP contribution in [0.2, 0.25) is 0 Å². The molecule has 2 aliphatic carbocycles. The van der Waals surface area contributed by atoms with Crippen LogP contribution in [-0.4, -0.2) is 95.7 Å². The Morgan fingerprint density at radius 2 is 1.83 bits per heavy atom. The summed E-state index contributed by atoms with van der Waals surface area (Å²) in [5.74, 6) is -3.13. The van der Waals surface area contributed by atoms with E-state index in [4.69, 9.17) is 9.47 Å². The second-order valence-corrected chi connectivity index (χ2v) is 16.6. The third-order valence-corrected chi connectivity index (χ3v) is 10.7. The van der Waals surface area contributed by atoms with Crippen molar-refractivity contribution in [1.82, 2.24) is 30.6 Å². The van der Waals surface area contributed by atoms with Crippen LogP contribution >= 0.6 is 0 Å². The monoisotopic (exact) mass is 738 g/mol. The molecule has 3 aliphatic rings. The Morgan fingerprint density at radius 3 is 2.46 bits per heavy atom. The topological polar surface area (TPSA) is 202 Å². The number of aromatic nitrogens is 1. The summed E-state index contributed by atoms with van der Waals surface area (Å²) in [4.78, 5) is 73.1. The van der Waals surface area contributed by atoms with Crippen LogP contribution in [0, 0.1) is 5.92 Å². The largest absolute Gasteiger partial charge is 0.472 e. The van der Waals surface area contributed by atoms with Crippen molar-refractivity contribution in [1.29, 1.82) is 0 Å². The number of allylic oxidation sites excluding steroid dienone is 1. The molecule has 0 bridgehead atoms. The van der Waals surface area contributed by atoms with Gasteiger partial charge in [-0.25, -0.2) is 18.2 Å². The second-order valence-electron chi connectivity index (χ2n) is 14.7. The van der Waals surface area contributed by atoms with Gasteiger partial charge in [-0.2, -0.15) is 0 Å². The molecule has 0 unspecified atom stereocenters. The van der Waals surface area contributed by atoms with Crippen LogP contribution < -0.4 is 25.4 Å². The molecule has 16 heteroatoms. The Balaban J connectivity index is 1.44. The average Bonchev–Trinajstić information content (AvgIpc) is 3.98. The Bertz CT molecular complexity index is 1900. The van der Waals surface area contributed by atoms with E-state index in [0.717, 1.165) is 5.39 Å². The Labute approximate surface area is 303 Å². The molecule has 0 spiro atoms. The fourth-order valence-corrected chi connectivity index (χ4v) is 7.47. The van der Waals surface area contributed by atoms with Gasteiger partial charge in [0.25, 0.3) is 5.91 Å². The van der Waals surface area contributed by atoms with Crippen molar-refractivity contribution in [2.45, 2.75) is 94.9 Å². The van der Waals surface area contributed by atoms with Gasteiger partial charge in [0, 0.05) is 36.5 Å². The highest BCUT2D eigenvalue weighted by Gasteiger charge is 2.62. The van der Waals surface area contributed by atoms with Crippen LogP contribution in [0.5, 0.6) is 5.88 Å². The lowest BCUT2D eigenvalue weighted by Gasteiger charge is -2.30. The van der Waals surface area contributed by atoms with Gasteiger partial charge in [0.1, 0.15) is 29.3 Å². The zero-order valence-corrected chi connectivity index (χ0v) is 30.7. The number of carbonyl (C=O) groups is 5. The third kappa shape index (κ3) is 9.08. The molecular weight excluding hydrogens is 692 g/mol. The van der Waals surface area contributed by atoms with Crippen LogP contribution in [0.25, 0.3) is 10.8 Å². The number of likely N-dealkylation sites (tertiary alicyclic amines) is 1. The molecule has 4 N–H and O–H groups in total. The van der Waals surface area contributed by atoms with Crippen molar-refractivity contribution in [3.8, 4) is 5.88 Å². The number of rotatable bonds is 13. The van der Waals surface area contributed by atoms with Gasteiger partial charge in [0.05, 0.1) is 11.8 Å². The number of fused-ring (bicyclic) bond motifs is 1. The molecule has 15 nitrogen and oxygen atoms in total. The summed E-state index contributed by atoms with van der Waals surface area (Å²) >= 11 is 0. The van der Waals surface area contributed by atoms with Crippen molar-refractivity contribution in [2.75, 3.05) is 13.1 Å². The first-order valence-electron chi connectivity index (χ1n) is 17.2. The molecule has 2 heterocycles. The number of hydrogen-bond acceptors (Lipinski definition) is 10. The van der Waals surface area contributed by atoms with Crippen molar-refractivity contribution >= 4 is 50.5 Å². The number of benzene rings is 1. The molecule has 3 fully saturated rings. The number of alkyl carbamates (subject to hydrolysis) is 1. The predicted molar refractivity (Wildman–Crippen MR) is 191 cm³/mol. The fourth-order valence-electron chi connectivity index (χ4n) is 6.10. The molecule has 1 aromatic carbocycles. The highest BCUT2D eigenvalue weighted by atomic mass is 32.2. The number of nitrogens with one attached hydrogen (secondary N) is 4. The van der Waals surface area contributed by atoms with Gasteiger partial charge in [-0.1, -0.05) is 29.8 Å². The third-order valence-electron chi connectivity index (χ3n) is 8.90. The number of pyridine rings is 1. The van der Waals surface area contributed by atoms with Gasteiger partial charge < -0.3 is 30.3 Å². The van der Waals surface area contributed by atoms with E-state index in [9.17, 15) is 32.4 Å². The Morgan fingerprint density at radius 1 is 1.12 bits per heavy atom. The number of ether oxygens (including phenoxy) is 2. The summed E-state index contributed by atoms with van der Waals surface area (Å²) in [5, 5.41) is 8.78.